The van der Waals surface area contributed by atoms with Gasteiger partial charge in [0.25, 0.3) is 0 Å². The third-order valence-electron chi connectivity index (χ3n) is 2.22. The highest BCUT2D eigenvalue weighted by Crippen LogP contribution is 2.21. The summed E-state index contributed by atoms with van der Waals surface area (Å²) in [6, 6.07) is 7.25. The lowest BCUT2D eigenvalue weighted by Crippen LogP contribution is -2.08. The van der Waals surface area contributed by atoms with E-state index in [2.05, 4.69) is 4.98 Å². The molecule has 94 valence electrons. The number of halogens is 1. The Labute approximate surface area is 120 Å². The molecule has 0 aliphatic carbocycles. The summed E-state index contributed by atoms with van der Waals surface area (Å²) in [4.78, 5) is 5.58. The summed E-state index contributed by atoms with van der Waals surface area (Å²) in [6.45, 7) is 2.27. The molecule has 0 spiro atoms. The van der Waals surface area contributed by atoms with Crippen LogP contribution in [0.3, 0.4) is 0 Å². The molecule has 3 nitrogen and oxygen atoms in total. The molecule has 0 unspecified atom stereocenters. The van der Waals surface area contributed by atoms with Crippen LogP contribution >= 0.6 is 35.2 Å². The van der Waals surface area contributed by atoms with E-state index >= 15 is 0 Å². The van der Waals surface area contributed by atoms with E-state index in [4.69, 9.17) is 34.3 Å². The van der Waals surface area contributed by atoms with Crippen molar-refractivity contribution in [3.8, 4) is 5.75 Å². The van der Waals surface area contributed by atoms with Crippen molar-refractivity contribution >= 4 is 40.1 Å². The third-order valence-corrected chi connectivity index (χ3v) is 3.96. The summed E-state index contributed by atoms with van der Waals surface area (Å²) < 4.78 is 5.60. The zero-order chi connectivity index (χ0) is 13.1. The number of rotatable bonds is 4. The summed E-state index contributed by atoms with van der Waals surface area (Å²) >= 11 is 12.3. The Morgan fingerprint density at radius 3 is 2.94 bits per heavy atom. The van der Waals surface area contributed by atoms with Crippen molar-refractivity contribution in [2.75, 3.05) is 0 Å². The molecule has 1 aromatic carbocycles. The van der Waals surface area contributed by atoms with Crippen LogP contribution in [-0.4, -0.2) is 9.97 Å². The number of ether oxygens (including phenoxy) is 1. The highest BCUT2D eigenvalue weighted by Gasteiger charge is 2.10. The molecule has 2 aromatic rings. The molecular formula is C12H11ClN2OS2. The van der Waals surface area contributed by atoms with Crippen molar-refractivity contribution in [1.29, 1.82) is 0 Å². The van der Waals surface area contributed by atoms with Gasteiger partial charge in [0.2, 0.25) is 0 Å². The van der Waals surface area contributed by atoms with Gasteiger partial charge in [-0.2, -0.15) is 0 Å². The molecule has 0 fully saturated rings. The van der Waals surface area contributed by atoms with Crippen molar-refractivity contribution in [2.24, 2.45) is 5.73 Å². The number of thiocarbonyl (C=S) groups is 1. The van der Waals surface area contributed by atoms with Crippen LogP contribution in [0.2, 0.25) is 5.02 Å². The highest BCUT2D eigenvalue weighted by atomic mass is 35.5. The van der Waals surface area contributed by atoms with E-state index in [9.17, 15) is 0 Å². The second kappa shape index (κ2) is 5.65. The molecule has 18 heavy (non-hydrogen) atoms. The molecule has 0 saturated carbocycles. The number of aromatic nitrogens is 1. The third kappa shape index (κ3) is 3.19. The summed E-state index contributed by atoms with van der Waals surface area (Å²) in [7, 11) is 0. The molecule has 0 atom stereocenters. The topological polar surface area (TPSA) is 48.1 Å². The van der Waals surface area contributed by atoms with Crippen molar-refractivity contribution in [3.05, 3.63) is 44.9 Å². The maximum Gasteiger partial charge on any atom is 0.140 e. The van der Waals surface area contributed by atoms with Gasteiger partial charge in [0.05, 0.1) is 10.6 Å². The first-order chi connectivity index (χ1) is 8.56. The Morgan fingerprint density at radius 1 is 1.56 bits per heavy atom. The van der Waals surface area contributed by atoms with Crippen molar-refractivity contribution < 1.29 is 4.74 Å². The van der Waals surface area contributed by atoms with Gasteiger partial charge in [-0.25, -0.2) is 4.98 Å². The Hall–Kier alpha value is -1.17. The number of nitrogens with zero attached hydrogens (tertiary/aromatic N) is 1. The second-order valence-corrected chi connectivity index (χ2v) is 5.59. The van der Waals surface area contributed by atoms with E-state index in [1.54, 1.807) is 12.1 Å². The number of aryl methyl sites for hydroxylation is 1. The molecule has 6 heteroatoms. The normalized spacial score (nSPS) is 10.3. The van der Waals surface area contributed by atoms with Crippen LogP contribution in [0.4, 0.5) is 0 Å². The smallest absolute Gasteiger partial charge is 0.140 e. The van der Waals surface area contributed by atoms with Gasteiger partial charge in [-0.05, 0) is 25.1 Å². The van der Waals surface area contributed by atoms with E-state index in [0.29, 0.717) is 22.4 Å². The Kier molecular flexibility index (Phi) is 4.16. The summed E-state index contributed by atoms with van der Waals surface area (Å²) in [5.74, 6) is 0.715. The number of thiazole rings is 1. The zero-order valence-electron chi connectivity index (χ0n) is 9.64. The summed E-state index contributed by atoms with van der Waals surface area (Å²) in [6.07, 6.45) is 0. The first kappa shape index (κ1) is 13.3. The van der Waals surface area contributed by atoms with Crippen LogP contribution in [0.5, 0.6) is 5.75 Å². The molecule has 1 heterocycles. The monoisotopic (exact) mass is 298 g/mol. The minimum absolute atomic E-state index is 0.374. The van der Waals surface area contributed by atoms with E-state index in [0.717, 1.165) is 15.6 Å². The Bertz CT molecular complexity index is 583. The van der Waals surface area contributed by atoms with E-state index in [1.165, 1.54) is 11.3 Å². The van der Waals surface area contributed by atoms with Crippen LogP contribution < -0.4 is 10.5 Å². The predicted molar refractivity (Wildman–Crippen MR) is 78.5 cm³/mol. The van der Waals surface area contributed by atoms with Gasteiger partial charge in [-0.3, -0.25) is 0 Å². The predicted octanol–water partition coefficient (Wildman–Crippen LogP) is 3.32. The van der Waals surface area contributed by atoms with E-state index in [1.807, 2.05) is 19.1 Å². The summed E-state index contributed by atoms with van der Waals surface area (Å²) in [5, 5.41) is 1.49. The van der Waals surface area contributed by atoms with Crippen LogP contribution in [-0.2, 0) is 6.61 Å². The molecule has 0 aliphatic heterocycles. The van der Waals surface area contributed by atoms with Gasteiger partial charge < -0.3 is 10.5 Å². The van der Waals surface area contributed by atoms with Gasteiger partial charge >= 0.3 is 0 Å². The average molecular weight is 299 g/mol. The van der Waals surface area contributed by atoms with Crippen molar-refractivity contribution in [2.45, 2.75) is 13.5 Å². The first-order valence-electron chi connectivity index (χ1n) is 5.20. The largest absolute Gasteiger partial charge is 0.486 e. The lowest BCUT2D eigenvalue weighted by Gasteiger charge is -2.03. The molecule has 0 bridgehead atoms. The van der Waals surface area contributed by atoms with Gasteiger partial charge in [0, 0.05) is 5.02 Å². The lowest BCUT2D eigenvalue weighted by atomic mass is 10.3. The maximum atomic E-state index is 5.87. The fourth-order valence-electron chi connectivity index (χ4n) is 1.44. The Balaban J connectivity index is 2.06. The molecule has 2 N–H and O–H groups in total. The summed E-state index contributed by atoms with van der Waals surface area (Å²) in [5.41, 5.74) is 6.44. The quantitative estimate of drug-likeness (QED) is 0.880. The van der Waals surface area contributed by atoms with Gasteiger partial charge in [0.1, 0.15) is 22.4 Å². The minimum Gasteiger partial charge on any atom is -0.486 e. The van der Waals surface area contributed by atoms with E-state index < -0.39 is 0 Å². The zero-order valence-corrected chi connectivity index (χ0v) is 12.0. The number of hydrogen-bond acceptors (Lipinski definition) is 4. The molecule has 1 aromatic heterocycles. The average Bonchev–Trinajstić information content (AvgIpc) is 2.68. The molecule has 0 saturated heterocycles. The minimum atomic E-state index is 0.374. The first-order valence-corrected chi connectivity index (χ1v) is 6.81. The molecular weight excluding hydrogens is 288 g/mol. The molecule has 0 aliphatic rings. The number of hydrogen-bond donors (Lipinski definition) is 1. The highest BCUT2D eigenvalue weighted by molar-refractivity contribution is 7.81. The van der Waals surface area contributed by atoms with Crippen LogP contribution in [0.25, 0.3) is 0 Å². The molecule has 0 radical (unpaired) electrons. The van der Waals surface area contributed by atoms with Crippen molar-refractivity contribution in [1.82, 2.24) is 4.98 Å². The fourth-order valence-corrected chi connectivity index (χ4v) is 2.73. The van der Waals surface area contributed by atoms with Gasteiger partial charge in [0.15, 0.2) is 0 Å². The van der Waals surface area contributed by atoms with Gasteiger partial charge in [-0.15, -0.1) is 11.3 Å². The van der Waals surface area contributed by atoms with Crippen molar-refractivity contribution in [3.63, 3.8) is 0 Å². The van der Waals surface area contributed by atoms with Gasteiger partial charge in [-0.1, -0.05) is 29.9 Å². The lowest BCUT2D eigenvalue weighted by molar-refractivity contribution is 0.305. The van der Waals surface area contributed by atoms with E-state index in [-0.39, 0.29) is 0 Å². The SMILES string of the molecule is Cc1nc(COc2cccc(Cl)c2)sc1C(N)=S. The van der Waals surface area contributed by atoms with Crippen LogP contribution in [0.1, 0.15) is 15.6 Å². The number of benzene rings is 1. The second-order valence-electron chi connectivity index (χ2n) is 3.63. The fraction of sp³-hybridized carbons (Fsp3) is 0.167. The Morgan fingerprint density at radius 2 is 2.33 bits per heavy atom. The standard InChI is InChI=1S/C12H11ClN2OS2/c1-7-11(12(14)17)18-10(15-7)6-16-9-4-2-3-8(13)5-9/h2-5H,6H2,1H3,(H2,14,17). The number of nitrogens with two attached hydrogens (primary N) is 1. The van der Waals surface area contributed by atoms with Crippen LogP contribution in [0, 0.1) is 6.92 Å². The molecule has 2 rings (SSSR count). The van der Waals surface area contributed by atoms with Crippen LogP contribution in [0.15, 0.2) is 24.3 Å². The maximum absolute atomic E-state index is 5.87. The molecule has 0 amide bonds.